The van der Waals surface area contributed by atoms with Gasteiger partial charge in [0, 0.05) is 25.0 Å². The number of carbonyl (C=O) groups is 2. The fourth-order valence-corrected chi connectivity index (χ4v) is 3.85. The molecule has 1 aromatic carbocycles. The number of hydrogen-bond acceptors (Lipinski definition) is 4. The summed E-state index contributed by atoms with van der Waals surface area (Å²) < 4.78 is 5.36. The molecular weight excluding hydrogens is 290 g/mol. The van der Waals surface area contributed by atoms with E-state index in [1.165, 1.54) is 5.56 Å². The Morgan fingerprint density at radius 2 is 2.04 bits per heavy atom. The fourth-order valence-electron chi connectivity index (χ4n) is 3.85. The Hall–Kier alpha value is -1.68. The Balaban J connectivity index is 1.71. The van der Waals surface area contributed by atoms with E-state index >= 15 is 0 Å². The highest BCUT2D eigenvalue weighted by Gasteiger charge is 2.50. The number of ketones is 1. The third-order valence-electron chi connectivity index (χ3n) is 5.06. The summed E-state index contributed by atoms with van der Waals surface area (Å²) in [4.78, 5) is 27.1. The third kappa shape index (κ3) is 3.47. The Labute approximate surface area is 137 Å². The van der Waals surface area contributed by atoms with Crippen LogP contribution in [0.1, 0.15) is 44.6 Å². The van der Waals surface area contributed by atoms with Crippen LogP contribution < -0.4 is 0 Å². The molecule has 0 saturated carbocycles. The molecule has 1 aromatic rings. The largest absolute Gasteiger partial charge is 0.465 e. The number of Topliss-reactive ketones (excluding diaryl/α,β-unsaturated/α-hetero) is 1. The average molecular weight is 315 g/mol. The van der Waals surface area contributed by atoms with Crippen molar-refractivity contribution in [3.63, 3.8) is 0 Å². The summed E-state index contributed by atoms with van der Waals surface area (Å²) in [7, 11) is 0. The summed E-state index contributed by atoms with van der Waals surface area (Å²) in [6.45, 7) is 3.29. The van der Waals surface area contributed by atoms with E-state index in [0.717, 1.165) is 32.2 Å². The number of benzene rings is 1. The van der Waals surface area contributed by atoms with Crippen molar-refractivity contribution in [1.29, 1.82) is 0 Å². The van der Waals surface area contributed by atoms with Crippen molar-refractivity contribution in [1.82, 2.24) is 4.90 Å². The summed E-state index contributed by atoms with van der Waals surface area (Å²) in [6, 6.07) is 10.6. The van der Waals surface area contributed by atoms with Gasteiger partial charge in [-0.25, -0.2) is 0 Å². The molecule has 4 nitrogen and oxygen atoms in total. The first-order valence-corrected chi connectivity index (χ1v) is 8.69. The van der Waals surface area contributed by atoms with Gasteiger partial charge in [0.25, 0.3) is 0 Å². The van der Waals surface area contributed by atoms with Crippen LogP contribution in [0.3, 0.4) is 0 Å². The highest BCUT2D eigenvalue weighted by atomic mass is 16.5. The van der Waals surface area contributed by atoms with E-state index in [9.17, 15) is 9.59 Å². The van der Waals surface area contributed by atoms with Crippen LogP contribution in [0, 0.1) is 5.92 Å². The Bertz CT molecular complexity index is 557. The van der Waals surface area contributed by atoms with Crippen LogP contribution in [0.5, 0.6) is 0 Å². The van der Waals surface area contributed by atoms with Gasteiger partial charge in [-0.2, -0.15) is 0 Å². The van der Waals surface area contributed by atoms with Crippen molar-refractivity contribution in [2.75, 3.05) is 6.61 Å². The SMILES string of the molecule is CCCCOC(=O)C1C(=O)CC2CCC1N2Cc1ccccc1. The van der Waals surface area contributed by atoms with Crippen LogP contribution in [0.25, 0.3) is 0 Å². The van der Waals surface area contributed by atoms with E-state index in [2.05, 4.69) is 24.0 Å². The molecule has 2 saturated heterocycles. The minimum Gasteiger partial charge on any atom is -0.465 e. The number of ether oxygens (including phenoxy) is 1. The number of hydrogen-bond donors (Lipinski definition) is 0. The van der Waals surface area contributed by atoms with Crippen LogP contribution in [0.15, 0.2) is 30.3 Å². The molecule has 3 rings (SSSR count). The minimum atomic E-state index is -0.589. The van der Waals surface area contributed by atoms with Crippen molar-refractivity contribution in [2.24, 2.45) is 5.92 Å². The molecule has 124 valence electrons. The molecule has 2 aliphatic rings. The van der Waals surface area contributed by atoms with Gasteiger partial charge in [0.05, 0.1) is 6.61 Å². The highest BCUT2D eigenvalue weighted by Crippen LogP contribution is 2.39. The zero-order valence-electron chi connectivity index (χ0n) is 13.7. The van der Waals surface area contributed by atoms with Gasteiger partial charge >= 0.3 is 5.97 Å². The molecular formula is C19H25NO3. The van der Waals surface area contributed by atoms with Crippen molar-refractivity contribution < 1.29 is 14.3 Å². The lowest BCUT2D eigenvalue weighted by Gasteiger charge is -2.38. The maximum atomic E-state index is 12.4. The molecule has 2 aliphatic heterocycles. The van der Waals surface area contributed by atoms with Crippen molar-refractivity contribution in [3.8, 4) is 0 Å². The van der Waals surface area contributed by atoms with Crippen molar-refractivity contribution in [3.05, 3.63) is 35.9 Å². The molecule has 2 bridgehead atoms. The molecule has 3 unspecified atom stereocenters. The number of rotatable bonds is 6. The standard InChI is InChI=1S/C19H25NO3/c1-2-3-11-23-19(22)18-16-10-9-15(12-17(18)21)20(16)13-14-7-5-4-6-8-14/h4-8,15-16,18H,2-3,9-13H2,1H3. The maximum Gasteiger partial charge on any atom is 0.318 e. The predicted molar refractivity (Wildman–Crippen MR) is 87.8 cm³/mol. The third-order valence-corrected chi connectivity index (χ3v) is 5.06. The first-order valence-electron chi connectivity index (χ1n) is 8.69. The van der Waals surface area contributed by atoms with E-state index in [1.54, 1.807) is 0 Å². The number of fused-ring (bicyclic) bond motifs is 2. The summed E-state index contributed by atoms with van der Waals surface area (Å²) >= 11 is 0. The second-order valence-electron chi connectivity index (χ2n) is 6.63. The van der Waals surface area contributed by atoms with E-state index < -0.39 is 5.92 Å². The van der Waals surface area contributed by atoms with Crippen LogP contribution in [-0.2, 0) is 20.9 Å². The molecule has 2 heterocycles. The average Bonchev–Trinajstić information content (AvgIpc) is 2.82. The van der Waals surface area contributed by atoms with Crippen LogP contribution >= 0.6 is 0 Å². The number of nitrogens with zero attached hydrogens (tertiary/aromatic N) is 1. The molecule has 0 amide bonds. The van der Waals surface area contributed by atoms with E-state index in [4.69, 9.17) is 4.74 Å². The predicted octanol–water partition coefficient (Wildman–Crippen LogP) is 2.95. The van der Waals surface area contributed by atoms with E-state index in [-0.39, 0.29) is 23.8 Å². The fraction of sp³-hybridized carbons (Fsp3) is 0.579. The lowest BCUT2D eigenvalue weighted by atomic mass is 9.88. The Kier molecular flexibility index (Phi) is 5.11. The highest BCUT2D eigenvalue weighted by molar-refractivity contribution is 6.01. The second kappa shape index (κ2) is 7.26. The molecule has 2 fully saturated rings. The first kappa shape index (κ1) is 16.2. The van der Waals surface area contributed by atoms with Gasteiger partial charge in [0.15, 0.2) is 0 Å². The van der Waals surface area contributed by atoms with E-state index in [1.807, 2.05) is 18.2 Å². The molecule has 0 aromatic heterocycles. The zero-order chi connectivity index (χ0) is 16.2. The van der Waals surface area contributed by atoms with Crippen molar-refractivity contribution in [2.45, 2.75) is 57.7 Å². The monoisotopic (exact) mass is 315 g/mol. The van der Waals surface area contributed by atoms with Crippen LogP contribution in [-0.4, -0.2) is 35.3 Å². The quantitative estimate of drug-likeness (QED) is 0.460. The lowest BCUT2D eigenvalue weighted by molar-refractivity contribution is -0.157. The van der Waals surface area contributed by atoms with E-state index in [0.29, 0.717) is 13.0 Å². The minimum absolute atomic E-state index is 0.00980. The zero-order valence-corrected chi connectivity index (χ0v) is 13.7. The van der Waals surface area contributed by atoms with Crippen LogP contribution in [0.2, 0.25) is 0 Å². The molecule has 3 atom stereocenters. The summed E-state index contributed by atoms with van der Waals surface area (Å²) in [6.07, 6.45) is 4.24. The summed E-state index contributed by atoms with van der Waals surface area (Å²) in [5, 5.41) is 0. The number of esters is 1. The lowest BCUT2D eigenvalue weighted by Crippen LogP contribution is -2.51. The second-order valence-corrected chi connectivity index (χ2v) is 6.63. The topological polar surface area (TPSA) is 46.6 Å². The number of carbonyl (C=O) groups excluding carboxylic acids is 2. The van der Waals surface area contributed by atoms with Gasteiger partial charge in [-0.1, -0.05) is 43.7 Å². The molecule has 0 N–H and O–H groups in total. The van der Waals surface area contributed by atoms with Crippen molar-refractivity contribution >= 4 is 11.8 Å². The van der Waals surface area contributed by atoms with Gasteiger partial charge in [-0.05, 0) is 24.8 Å². The smallest absolute Gasteiger partial charge is 0.318 e. The summed E-state index contributed by atoms with van der Waals surface area (Å²) in [5.74, 6) is -0.829. The normalized spacial score (nSPS) is 27.2. The van der Waals surface area contributed by atoms with Gasteiger partial charge < -0.3 is 4.74 Å². The Morgan fingerprint density at radius 3 is 2.78 bits per heavy atom. The number of piperidine rings is 1. The molecule has 0 radical (unpaired) electrons. The molecule has 23 heavy (non-hydrogen) atoms. The summed E-state index contributed by atoms with van der Waals surface area (Å²) in [5.41, 5.74) is 1.23. The Morgan fingerprint density at radius 1 is 1.26 bits per heavy atom. The maximum absolute atomic E-state index is 12.4. The van der Waals surface area contributed by atoms with Gasteiger partial charge in [-0.3, -0.25) is 14.5 Å². The van der Waals surface area contributed by atoms with Crippen LogP contribution in [0.4, 0.5) is 0 Å². The van der Waals surface area contributed by atoms with Gasteiger partial charge in [0.2, 0.25) is 0 Å². The van der Waals surface area contributed by atoms with Gasteiger partial charge in [0.1, 0.15) is 11.7 Å². The molecule has 0 spiro atoms. The molecule has 4 heteroatoms. The number of unbranched alkanes of at least 4 members (excludes halogenated alkanes) is 1. The van der Waals surface area contributed by atoms with Gasteiger partial charge in [-0.15, -0.1) is 0 Å². The first-order chi connectivity index (χ1) is 11.2. The molecule has 0 aliphatic carbocycles.